The van der Waals surface area contributed by atoms with Crippen LogP contribution >= 0.6 is 0 Å². The van der Waals surface area contributed by atoms with Gasteiger partial charge in [0.2, 0.25) is 0 Å². The average Bonchev–Trinajstić information content (AvgIpc) is 2.27. The van der Waals surface area contributed by atoms with E-state index < -0.39 is 6.17 Å². The normalized spacial score (nSPS) is 15.9. The highest BCUT2D eigenvalue weighted by Crippen LogP contribution is 2.35. The minimum absolute atomic E-state index is 0.314. The average molecular weight is 210 g/mol. The molecule has 0 saturated heterocycles. The summed E-state index contributed by atoms with van der Waals surface area (Å²) in [7, 11) is 0. The van der Waals surface area contributed by atoms with Crippen LogP contribution in [0.4, 0.5) is 4.39 Å². The molecule has 1 aliphatic rings. The monoisotopic (exact) mass is 210 g/mol. The fourth-order valence-electron chi connectivity index (χ4n) is 1.57. The van der Waals surface area contributed by atoms with Crippen molar-refractivity contribution in [3.05, 3.63) is 23.3 Å². The van der Waals surface area contributed by atoms with Crippen LogP contribution in [0.25, 0.3) is 0 Å². The number of rotatable bonds is 2. The summed E-state index contributed by atoms with van der Waals surface area (Å²) < 4.78 is 23.8. The van der Waals surface area contributed by atoms with Crippen molar-refractivity contribution in [3.8, 4) is 11.5 Å². The molecule has 0 aromatic heterocycles. The second-order valence-corrected chi connectivity index (χ2v) is 3.36. The molecule has 0 fully saturated rings. The Morgan fingerprint density at radius 2 is 1.93 bits per heavy atom. The van der Waals surface area contributed by atoms with Crippen LogP contribution in [0.3, 0.4) is 0 Å². The summed E-state index contributed by atoms with van der Waals surface area (Å²) in [5, 5.41) is 0. The Bertz CT molecular complexity index is 388. The van der Waals surface area contributed by atoms with Crippen LogP contribution in [-0.2, 0) is 0 Å². The Hall–Kier alpha value is -1.58. The van der Waals surface area contributed by atoms with Crippen molar-refractivity contribution < 1.29 is 18.7 Å². The van der Waals surface area contributed by atoms with Crippen molar-refractivity contribution in [3.63, 3.8) is 0 Å². The third-order valence-corrected chi connectivity index (χ3v) is 2.30. The second-order valence-electron chi connectivity index (χ2n) is 3.36. The first-order valence-corrected chi connectivity index (χ1v) is 4.75. The largest absolute Gasteiger partial charge is 0.486 e. The summed E-state index contributed by atoms with van der Waals surface area (Å²) in [5.74, 6) is 1.01. The van der Waals surface area contributed by atoms with Crippen LogP contribution in [0, 0.1) is 0 Å². The van der Waals surface area contributed by atoms with Crippen LogP contribution in [0.5, 0.6) is 11.5 Å². The lowest BCUT2D eigenvalue weighted by Crippen LogP contribution is -2.16. The van der Waals surface area contributed by atoms with Gasteiger partial charge in [0.05, 0.1) is 0 Å². The molecule has 1 heterocycles. The topological polar surface area (TPSA) is 35.5 Å². The molecule has 2 rings (SSSR count). The molecule has 3 nitrogen and oxygen atoms in total. The molecule has 1 aromatic carbocycles. The van der Waals surface area contributed by atoms with Gasteiger partial charge in [-0.3, -0.25) is 4.79 Å². The van der Waals surface area contributed by atoms with Crippen molar-refractivity contribution in [2.45, 2.75) is 13.1 Å². The van der Waals surface area contributed by atoms with Crippen molar-refractivity contribution >= 4 is 6.29 Å². The summed E-state index contributed by atoms with van der Waals surface area (Å²) in [6.45, 7) is 2.29. The standard InChI is InChI=1S/C11H11FO3/c1-7(12)9-5-11-10(4-8(9)6-13)14-2-3-15-11/h4-7H,2-3H2,1H3. The van der Waals surface area contributed by atoms with Crippen molar-refractivity contribution in [1.29, 1.82) is 0 Å². The van der Waals surface area contributed by atoms with Gasteiger partial charge in [-0.15, -0.1) is 0 Å². The number of ether oxygens (including phenoxy) is 2. The highest BCUT2D eigenvalue weighted by molar-refractivity contribution is 5.79. The highest BCUT2D eigenvalue weighted by Gasteiger charge is 2.18. The van der Waals surface area contributed by atoms with Crippen LogP contribution in [0.1, 0.15) is 29.0 Å². The number of carbonyl (C=O) groups excluding carboxylic acids is 1. The van der Waals surface area contributed by atoms with Crippen molar-refractivity contribution in [2.24, 2.45) is 0 Å². The molecule has 0 spiro atoms. The molecule has 1 unspecified atom stereocenters. The van der Waals surface area contributed by atoms with E-state index >= 15 is 0 Å². The van der Waals surface area contributed by atoms with Crippen LogP contribution in [0.15, 0.2) is 12.1 Å². The number of carbonyl (C=O) groups is 1. The molecule has 15 heavy (non-hydrogen) atoms. The van der Waals surface area contributed by atoms with E-state index in [2.05, 4.69) is 0 Å². The van der Waals surface area contributed by atoms with Crippen molar-refractivity contribution in [2.75, 3.05) is 13.2 Å². The maximum absolute atomic E-state index is 13.2. The predicted octanol–water partition coefficient (Wildman–Crippen LogP) is 2.30. The molecule has 0 aliphatic carbocycles. The number of halogens is 1. The SMILES string of the molecule is CC(F)c1cc2c(cc1C=O)OCCO2. The maximum Gasteiger partial charge on any atom is 0.162 e. The van der Waals surface area contributed by atoms with Crippen molar-refractivity contribution in [1.82, 2.24) is 0 Å². The van der Waals surface area contributed by atoms with Gasteiger partial charge in [0.15, 0.2) is 17.8 Å². The quantitative estimate of drug-likeness (QED) is 0.702. The summed E-state index contributed by atoms with van der Waals surface area (Å²) in [4.78, 5) is 10.8. The molecule has 0 radical (unpaired) electrons. The summed E-state index contributed by atoms with van der Waals surface area (Å²) in [6, 6.07) is 3.05. The summed E-state index contributed by atoms with van der Waals surface area (Å²) in [6.07, 6.45) is -0.565. The van der Waals surface area contributed by atoms with Crippen LogP contribution in [0.2, 0.25) is 0 Å². The summed E-state index contributed by atoms with van der Waals surface area (Å²) >= 11 is 0. The Labute approximate surface area is 86.8 Å². The molecular weight excluding hydrogens is 199 g/mol. The predicted molar refractivity (Wildman–Crippen MR) is 52.3 cm³/mol. The molecule has 0 N–H and O–H groups in total. The molecule has 80 valence electrons. The smallest absolute Gasteiger partial charge is 0.162 e. The van der Waals surface area contributed by atoms with Gasteiger partial charge in [-0.1, -0.05) is 0 Å². The Kier molecular flexibility index (Phi) is 2.58. The third kappa shape index (κ3) is 1.79. The minimum atomic E-state index is -1.19. The Morgan fingerprint density at radius 3 is 2.47 bits per heavy atom. The van der Waals surface area contributed by atoms with Gasteiger partial charge in [-0.25, -0.2) is 4.39 Å². The van der Waals surface area contributed by atoms with E-state index in [-0.39, 0.29) is 0 Å². The molecule has 1 aromatic rings. The van der Waals surface area contributed by atoms with E-state index in [0.717, 1.165) is 0 Å². The number of hydrogen-bond donors (Lipinski definition) is 0. The molecule has 0 saturated carbocycles. The fourth-order valence-corrected chi connectivity index (χ4v) is 1.57. The van der Waals surface area contributed by atoms with Crippen LogP contribution < -0.4 is 9.47 Å². The van der Waals surface area contributed by atoms with E-state index in [0.29, 0.717) is 42.1 Å². The number of fused-ring (bicyclic) bond motifs is 1. The highest BCUT2D eigenvalue weighted by atomic mass is 19.1. The zero-order valence-corrected chi connectivity index (χ0v) is 8.33. The molecule has 1 atom stereocenters. The molecular formula is C11H11FO3. The van der Waals surface area contributed by atoms with Gasteiger partial charge in [-0.2, -0.15) is 0 Å². The van der Waals surface area contributed by atoms with E-state index in [4.69, 9.17) is 9.47 Å². The van der Waals surface area contributed by atoms with E-state index in [1.807, 2.05) is 0 Å². The van der Waals surface area contributed by atoms with Gasteiger partial charge in [0.25, 0.3) is 0 Å². The van der Waals surface area contributed by atoms with Gasteiger partial charge in [0, 0.05) is 11.1 Å². The summed E-state index contributed by atoms with van der Waals surface area (Å²) in [5.41, 5.74) is 0.656. The molecule has 0 amide bonds. The van der Waals surface area contributed by atoms with Gasteiger partial charge < -0.3 is 9.47 Å². The first kappa shape index (κ1) is 9.96. The van der Waals surface area contributed by atoms with E-state index in [9.17, 15) is 9.18 Å². The van der Waals surface area contributed by atoms with Gasteiger partial charge >= 0.3 is 0 Å². The number of hydrogen-bond acceptors (Lipinski definition) is 3. The van der Waals surface area contributed by atoms with E-state index in [1.54, 1.807) is 0 Å². The Morgan fingerprint density at radius 1 is 1.33 bits per heavy atom. The lowest BCUT2D eigenvalue weighted by atomic mass is 10.0. The first-order chi connectivity index (χ1) is 7.22. The lowest BCUT2D eigenvalue weighted by Gasteiger charge is -2.20. The molecule has 4 heteroatoms. The lowest BCUT2D eigenvalue weighted by molar-refractivity contribution is 0.111. The maximum atomic E-state index is 13.2. The molecule has 1 aliphatic heterocycles. The number of aldehydes is 1. The minimum Gasteiger partial charge on any atom is -0.486 e. The first-order valence-electron chi connectivity index (χ1n) is 4.75. The van der Waals surface area contributed by atoms with Gasteiger partial charge in [-0.05, 0) is 19.1 Å². The fraction of sp³-hybridized carbons (Fsp3) is 0.364. The Balaban J connectivity index is 2.51. The third-order valence-electron chi connectivity index (χ3n) is 2.30. The second kappa shape index (κ2) is 3.88. The zero-order chi connectivity index (χ0) is 10.8. The number of benzene rings is 1. The van der Waals surface area contributed by atoms with E-state index in [1.165, 1.54) is 19.1 Å². The molecule has 0 bridgehead atoms. The van der Waals surface area contributed by atoms with Gasteiger partial charge in [0.1, 0.15) is 19.4 Å². The van der Waals surface area contributed by atoms with Crippen LogP contribution in [-0.4, -0.2) is 19.5 Å². The zero-order valence-electron chi connectivity index (χ0n) is 8.33. The number of alkyl halides is 1.